The molecule has 0 amide bonds. The molecule has 1 unspecified atom stereocenters. The molecule has 0 bridgehead atoms. The van der Waals surface area contributed by atoms with E-state index >= 15 is 0 Å². The number of hydrogen-bond acceptors (Lipinski definition) is 5. The third-order valence-electron chi connectivity index (χ3n) is 2.53. The maximum Gasteiger partial charge on any atom is 0.330 e. The molecule has 0 radical (unpaired) electrons. The highest BCUT2D eigenvalue weighted by atomic mass is 16.5. The summed E-state index contributed by atoms with van der Waals surface area (Å²) in [6.07, 6.45) is 0. The Kier molecular flexibility index (Phi) is 4.58. The van der Waals surface area contributed by atoms with E-state index in [1.165, 1.54) is 11.6 Å². The van der Waals surface area contributed by atoms with Gasteiger partial charge in [-0.1, -0.05) is 19.1 Å². The molecule has 0 aliphatic heterocycles. The van der Waals surface area contributed by atoms with E-state index in [9.17, 15) is 9.59 Å². The van der Waals surface area contributed by atoms with Crippen LogP contribution in [-0.4, -0.2) is 33.4 Å². The second kappa shape index (κ2) is 5.75. The molecule has 0 saturated heterocycles. The van der Waals surface area contributed by atoms with E-state index < -0.39 is 6.04 Å². The minimum Gasteiger partial charge on any atom is -0.464 e. The van der Waals surface area contributed by atoms with E-state index in [4.69, 9.17) is 4.74 Å². The van der Waals surface area contributed by atoms with Gasteiger partial charge in [0.15, 0.2) is 11.5 Å². The van der Waals surface area contributed by atoms with Crippen molar-refractivity contribution in [3.8, 4) is 0 Å². The number of nitrogens with zero attached hydrogens (tertiary/aromatic N) is 3. The van der Waals surface area contributed by atoms with Crippen LogP contribution in [-0.2, 0) is 9.53 Å². The fraction of sp³-hybridized carbons (Fsp3) is 0.667. The normalized spacial score (nSPS) is 12.6. The summed E-state index contributed by atoms with van der Waals surface area (Å²) in [6.45, 7) is 9.11. The quantitative estimate of drug-likeness (QED) is 0.588. The highest BCUT2D eigenvalue weighted by Crippen LogP contribution is 2.13. The third-order valence-corrected chi connectivity index (χ3v) is 2.53. The Morgan fingerprint density at radius 1 is 1.33 bits per heavy atom. The molecule has 0 aliphatic carbocycles. The number of hydrogen-bond donors (Lipinski definition) is 0. The summed E-state index contributed by atoms with van der Waals surface area (Å²) in [6, 6.07) is -0.579. The van der Waals surface area contributed by atoms with Gasteiger partial charge in [-0.2, -0.15) is 0 Å². The van der Waals surface area contributed by atoms with Crippen LogP contribution in [0.1, 0.15) is 49.9 Å². The third kappa shape index (κ3) is 3.15. The van der Waals surface area contributed by atoms with Crippen molar-refractivity contribution >= 4 is 11.8 Å². The predicted octanol–water partition coefficient (Wildman–Crippen LogP) is 1.55. The molecular weight excluding hydrogens is 234 g/mol. The van der Waals surface area contributed by atoms with Crippen LogP contribution in [0, 0.1) is 12.8 Å². The number of aromatic nitrogens is 3. The van der Waals surface area contributed by atoms with Gasteiger partial charge >= 0.3 is 5.97 Å². The second-order valence-electron chi connectivity index (χ2n) is 4.72. The Balaban J connectivity index is 2.81. The highest BCUT2D eigenvalue weighted by Gasteiger charge is 2.22. The Bertz CT molecular complexity index is 451. The number of carbonyl (C=O) groups is 2. The molecule has 0 aliphatic rings. The summed E-state index contributed by atoms with van der Waals surface area (Å²) in [5, 5.41) is 7.60. The van der Waals surface area contributed by atoms with Crippen LogP contribution in [0.25, 0.3) is 0 Å². The lowest BCUT2D eigenvalue weighted by molar-refractivity contribution is -0.148. The zero-order valence-corrected chi connectivity index (χ0v) is 11.4. The number of Topliss-reactive ketones (excluding diaryl/α,β-unsaturated/α-hetero) is 1. The van der Waals surface area contributed by atoms with Crippen molar-refractivity contribution in [2.24, 2.45) is 5.92 Å². The van der Waals surface area contributed by atoms with Crippen molar-refractivity contribution < 1.29 is 14.3 Å². The molecule has 6 heteroatoms. The van der Waals surface area contributed by atoms with Gasteiger partial charge in [0, 0.05) is 6.92 Å². The SMILES string of the molecule is CC(=O)c1nnn(C(C)C(=O)OCC(C)C)c1C. The smallest absolute Gasteiger partial charge is 0.330 e. The van der Waals surface area contributed by atoms with E-state index in [-0.39, 0.29) is 17.7 Å². The van der Waals surface area contributed by atoms with Gasteiger partial charge < -0.3 is 4.74 Å². The van der Waals surface area contributed by atoms with Crippen LogP contribution in [0.4, 0.5) is 0 Å². The lowest BCUT2D eigenvalue weighted by atomic mass is 10.2. The summed E-state index contributed by atoms with van der Waals surface area (Å²) >= 11 is 0. The highest BCUT2D eigenvalue weighted by molar-refractivity contribution is 5.93. The average Bonchev–Trinajstić information content (AvgIpc) is 2.66. The van der Waals surface area contributed by atoms with Crippen molar-refractivity contribution in [2.75, 3.05) is 6.61 Å². The minimum absolute atomic E-state index is 0.165. The first-order valence-electron chi connectivity index (χ1n) is 5.94. The molecular formula is C12H19N3O3. The Hall–Kier alpha value is -1.72. The van der Waals surface area contributed by atoms with Crippen molar-refractivity contribution in [3.05, 3.63) is 11.4 Å². The van der Waals surface area contributed by atoms with Gasteiger partial charge in [0.2, 0.25) is 0 Å². The lowest BCUT2D eigenvalue weighted by Gasteiger charge is -2.14. The van der Waals surface area contributed by atoms with Crippen molar-refractivity contribution in [1.82, 2.24) is 15.0 Å². The predicted molar refractivity (Wildman–Crippen MR) is 65.3 cm³/mol. The molecule has 6 nitrogen and oxygen atoms in total. The van der Waals surface area contributed by atoms with Crippen molar-refractivity contribution in [3.63, 3.8) is 0 Å². The number of esters is 1. The zero-order valence-electron chi connectivity index (χ0n) is 11.4. The van der Waals surface area contributed by atoms with Crippen LogP contribution >= 0.6 is 0 Å². The minimum atomic E-state index is -0.579. The Labute approximate surface area is 106 Å². The molecule has 100 valence electrons. The van der Waals surface area contributed by atoms with E-state index in [1.54, 1.807) is 13.8 Å². The van der Waals surface area contributed by atoms with E-state index in [1.807, 2.05) is 13.8 Å². The van der Waals surface area contributed by atoms with Gasteiger partial charge in [-0.25, -0.2) is 9.48 Å². The first kappa shape index (κ1) is 14.3. The van der Waals surface area contributed by atoms with Gasteiger partial charge in [-0.3, -0.25) is 4.79 Å². The topological polar surface area (TPSA) is 74.1 Å². The molecule has 1 rings (SSSR count). The number of ketones is 1. The molecule has 0 fully saturated rings. The molecule has 1 aromatic heterocycles. The molecule has 1 heterocycles. The van der Waals surface area contributed by atoms with Gasteiger partial charge in [0.05, 0.1) is 12.3 Å². The van der Waals surface area contributed by atoms with Crippen LogP contribution < -0.4 is 0 Å². The Morgan fingerprint density at radius 3 is 2.39 bits per heavy atom. The molecule has 0 N–H and O–H groups in total. The van der Waals surface area contributed by atoms with Gasteiger partial charge in [0.1, 0.15) is 6.04 Å². The van der Waals surface area contributed by atoms with Crippen molar-refractivity contribution in [2.45, 2.75) is 40.7 Å². The first-order valence-corrected chi connectivity index (χ1v) is 5.94. The van der Waals surface area contributed by atoms with Crippen molar-refractivity contribution in [1.29, 1.82) is 0 Å². The molecule has 0 spiro atoms. The second-order valence-corrected chi connectivity index (χ2v) is 4.72. The maximum atomic E-state index is 11.8. The van der Waals surface area contributed by atoms with Crippen LogP contribution in [0.3, 0.4) is 0 Å². The summed E-state index contributed by atoms with van der Waals surface area (Å²) in [7, 11) is 0. The summed E-state index contributed by atoms with van der Waals surface area (Å²) in [5.41, 5.74) is 0.870. The summed E-state index contributed by atoms with van der Waals surface area (Å²) in [4.78, 5) is 23.0. The summed E-state index contributed by atoms with van der Waals surface area (Å²) < 4.78 is 6.55. The largest absolute Gasteiger partial charge is 0.464 e. The molecule has 0 saturated carbocycles. The van der Waals surface area contributed by atoms with Gasteiger partial charge in [-0.05, 0) is 19.8 Å². The summed E-state index contributed by atoms with van der Waals surface area (Å²) in [5.74, 6) is -0.251. The number of ether oxygens (including phenoxy) is 1. The molecule has 0 aromatic carbocycles. The van der Waals surface area contributed by atoms with E-state index in [0.29, 0.717) is 18.0 Å². The van der Waals surface area contributed by atoms with Gasteiger partial charge in [-0.15, -0.1) is 5.10 Å². The van der Waals surface area contributed by atoms with Crippen LogP contribution in [0.2, 0.25) is 0 Å². The van der Waals surface area contributed by atoms with Crippen LogP contribution in [0.15, 0.2) is 0 Å². The molecule has 1 aromatic rings. The first-order chi connectivity index (χ1) is 8.34. The number of rotatable bonds is 5. The zero-order chi connectivity index (χ0) is 13.9. The van der Waals surface area contributed by atoms with E-state index in [0.717, 1.165) is 0 Å². The standard InChI is InChI=1S/C12H19N3O3/c1-7(2)6-18-12(17)9(4)15-8(3)11(10(5)16)13-14-15/h7,9H,6H2,1-5H3. The van der Waals surface area contributed by atoms with Crippen LogP contribution in [0.5, 0.6) is 0 Å². The van der Waals surface area contributed by atoms with Gasteiger partial charge in [0.25, 0.3) is 0 Å². The monoisotopic (exact) mass is 253 g/mol. The fourth-order valence-corrected chi connectivity index (χ4v) is 1.50. The average molecular weight is 253 g/mol. The lowest BCUT2D eigenvalue weighted by Crippen LogP contribution is -2.23. The maximum absolute atomic E-state index is 11.8. The fourth-order valence-electron chi connectivity index (χ4n) is 1.50. The molecule has 1 atom stereocenters. The number of carbonyl (C=O) groups excluding carboxylic acids is 2. The molecule has 18 heavy (non-hydrogen) atoms. The Morgan fingerprint density at radius 2 is 1.94 bits per heavy atom. The van der Waals surface area contributed by atoms with E-state index in [2.05, 4.69) is 10.3 Å².